The Kier molecular flexibility index (Phi) is 8.83. The molecule has 8 heteroatoms. The summed E-state index contributed by atoms with van der Waals surface area (Å²) in [6.07, 6.45) is 1.06. The number of rotatable bonds is 11. The Balaban J connectivity index is 1.72. The molecule has 2 atom stereocenters. The molecular formula is C23H31FN2O4S. The Bertz CT molecular complexity index is 844. The van der Waals surface area contributed by atoms with Gasteiger partial charge in [0.05, 0.1) is 18.7 Å². The van der Waals surface area contributed by atoms with E-state index in [2.05, 4.69) is 0 Å². The van der Waals surface area contributed by atoms with E-state index in [4.69, 9.17) is 9.47 Å². The van der Waals surface area contributed by atoms with Crippen molar-refractivity contribution in [2.45, 2.75) is 31.9 Å². The zero-order valence-corrected chi connectivity index (χ0v) is 18.9. The van der Waals surface area contributed by atoms with Gasteiger partial charge < -0.3 is 19.5 Å². The smallest absolute Gasteiger partial charge is 0.237 e. The lowest BCUT2D eigenvalue weighted by molar-refractivity contribution is -0.136. The standard InChI is InChI=1S/C23H31FN2O4S/c1-17(27)14-25(10-5-12-29-2)15-23(28)26-11-8-22-18(9-13-31-22)20(26)16-30-21-7-4-3-6-19(21)24/h3-4,6-7,9,13,17,20,27H,5,8,10-12,14-16H2,1-2H3/t17-,20+/m1/s1. The largest absolute Gasteiger partial charge is 0.488 e. The van der Waals surface area contributed by atoms with Crippen LogP contribution in [0.4, 0.5) is 4.39 Å². The number of thiophene rings is 1. The van der Waals surface area contributed by atoms with E-state index in [1.54, 1.807) is 43.6 Å². The van der Waals surface area contributed by atoms with Crippen molar-refractivity contribution in [3.8, 4) is 5.75 Å². The van der Waals surface area contributed by atoms with Gasteiger partial charge in [0.2, 0.25) is 5.91 Å². The number of amides is 1. The van der Waals surface area contributed by atoms with Gasteiger partial charge in [0.25, 0.3) is 0 Å². The van der Waals surface area contributed by atoms with Gasteiger partial charge in [0.1, 0.15) is 6.61 Å². The maximum absolute atomic E-state index is 14.0. The lowest BCUT2D eigenvalue weighted by atomic mass is 10.0. The normalized spacial score (nSPS) is 16.9. The van der Waals surface area contributed by atoms with E-state index in [1.165, 1.54) is 10.9 Å². The zero-order valence-electron chi connectivity index (χ0n) is 18.1. The van der Waals surface area contributed by atoms with E-state index in [0.29, 0.717) is 26.2 Å². The molecule has 0 bridgehead atoms. The molecule has 1 aliphatic heterocycles. The predicted octanol–water partition coefficient (Wildman–Crippen LogP) is 3.11. The number of ether oxygens (including phenoxy) is 2. The maximum atomic E-state index is 14.0. The van der Waals surface area contributed by atoms with Gasteiger partial charge in [-0.1, -0.05) is 12.1 Å². The molecule has 1 N–H and O–H groups in total. The monoisotopic (exact) mass is 450 g/mol. The molecule has 0 spiro atoms. The first-order valence-electron chi connectivity index (χ1n) is 10.6. The number of carbonyl (C=O) groups is 1. The molecule has 2 aromatic rings. The van der Waals surface area contributed by atoms with Crippen molar-refractivity contribution in [3.63, 3.8) is 0 Å². The molecule has 0 saturated carbocycles. The predicted molar refractivity (Wildman–Crippen MR) is 119 cm³/mol. The van der Waals surface area contributed by atoms with Gasteiger partial charge in [-0.3, -0.25) is 9.69 Å². The number of methoxy groups -OCH3 is 1. The van der Waals surface area contributed by atoms with Gasteiger partial charge >= 0.3 is 0 Å². The van der Waals surface area contributed by atoms with Crippen molar-refractivity contribution in [3.05, 3.63) is 52.0 Å². The molecular weight excluding hydrogens is 419 g/mol. The third-order valence-corrected chi connectivity index (χ3v) is 6.35. The summed E-state index contributed by atoms with van der Waals surface area (Å²) in [6, 6.07) is 8.07. The number of hydrogen-bond acceptors (Lipinski definition) is 6. The first-order chi connectivity index (χ1) is 15.0. The molecule has 31 heavy (non-hydrogen) atoms. The molecule has 0 fully saturated rings. The van der Waals surface area contributed by atoms with Crippen molar-refractivity contribution in [2.24, 2.45) is 0 Å². The highest BCUT2D eigenvalue weighted by Gasteiger charge is 2.33. The van der Waals surface area contributed by atoms with Crippen LogP contribution in [0.5, 0.6) is 5.75 Å². The van der Waals surface area contributed by atoms with Crippen LogP contribution in [-0.2, 0) is 16.0 Å². The third kappa shape index (κ3) is 6.49. The summed E-state index contributed by atoms with van der Waals surface area (Å²) < 4.78 is 24.9. The van der Waals surface area contributed by atoms with Crippen molar-refractivity contribution in [2.75, 3.05) is 46.5 Å². The quantitative estimate of drug-likeness (QED) is 0.533. The molecule has 0 saturated heterocycles. The zero-order chi connectivity index (χ0) is 22.2. The van der Waals surface area contributed by atoms with Crippen LogP contribution < -0.4 is 4.74 Å². The fraction of sp³-hybridized carbons (Fsp3) is 0.522. The number of aliphatic hydroxyl groups is 1. The molecule has 6 nitrogen and oxygen atoms in total. The van der Waals surface area contributed by atoms with Crippen molar-refractivity contribution < 1.29 is 23.8 Å². The molecule has 1 amide bonds. The van der Waals surface area contributed by atoms with Gasteiger partial charge in [0, 0.05) is 38.2 Å². The van der Waals surface area contributed by atoms with E-state index in [-0.39, 0.29) is 30.9 Å². The average Bonchev–Trinajstić information content (AvgIpc) is 3.21. The summed E-state index contributed by atoms with van der Waals surface area (Å²) in [4.78, 5) is 18.3. The molecule has 1 aromatic heterocycles. The molecule has 0 radical (unpaired) electrons. The van der Waals surface area contributed by atoms with E-state index in [1.807, 2.05) is 21.2 Å². The lowest BCUT2D eigenvalue weighted by Gasteiger charge is -2.37. The van der Waals surface area contributed by atoms with Crippen LogP contribution in [0.25, 0.3) is 0 Å². The first kappa shape index (κ1) is 23.7. The average molecular weight is 451 g/mol. The second kappa shape index (κ2) is 11.6. The highest BCUT2D eigenvalue weighted by molar-refractivity contribution is 7.10. The Morgan fingerprint density at radius 3 is 2.94 bits per heavy atom. The van der Waals surface area contributed by atoms with Gasteiger partial charge in [-0.05, 0) is 48.9 Å². The fourth-order valence-electron chi connectivity index (χ4n) is 3.93. The van der Waals surface area contributed by atoms with Crippen LogP contribution in [-0.4, -0.2) is 73.4 Å². The topological polar surface area (TPSA) is 62.2 Å². The Hall–Kier alpha value is -2.00. The van der Waals surface area contributed by atoms with E-state index >= 15 is 0 Å². The van der Waals surface area contributed by atoms with Gasteiger partial charge in [-0.15, -0.1) is 11.3 Å². The van der Waals surface area contributed by atoms with Crippen molar-refractivity contribution >= 4 is 17.2 Å². The molecule has 3 rings (SSSR count). The Labute approximate surface area is 187 Å². The number of fused-ring (bicyclic) bond motifs is 1. The van der Waals surface area contributed by atoms with E-state index < -0.39 is 11.9 Å². The minimum absolute atomic E-state index is 0.0166. The number of nitrogens with zero attached hydrogens (tertiary/aromatic N) is 2. The van der Waals surface area contributed by atoms with Gasteiger partial charge in [-0.2, -0.15) is 0 Å². The number of para-hydroxylation sites is 1. The Morgan fingerprint density at radius 1 is 1.39 bits per heavy atom. The van der Waals surface area contributed by atoms with Crippen LogP contribution >= 0.6 is 11.3 Å². The lowest BCUT2D eigenvalue weighted by Crippen LogP contribution is -2.47. The van der Waals surface area contributed by atoms with Crippen molar-refractivity contribution in [1.29, 1.82) is 0 Å². The SMILES string of the molecule is COCCCN(CC(=O)N1CCc2sccc2[C@@H]1COc1ccccc1F)C[C@@H](C)O. The van der Waals surface area contributed by atoms with Crippen LogP contribution in [0.15, 0.2) is 35.7 Å². The van der Waals surface area contributed by atoms with E-state index in [9.17, 15) is 14.3 Å². The second-order valence-corrected chi connectivity index (χ2v) is 8.82. The second-order valence-electron chi connectivity index (χ2n) is 7.82. The third-order valence-electron chi connectivity index (χ3n) is 5.35. The summed E-state index contributed by atoms with van der Waals surface area (Å²) in [5.41, 5.74) is 1.07. The summed E-state index contributed by atoms with van der Waals surface area (Å²) in [7, 11) is 1.65. The molecule has 0 unspecified atom stereocenters. The van der Waals surface area contributed by atoms with Crippen LogP contribution in [0.3, 0.4) is 0 Å². The fourth-order valence-corrected chi connectivity index (χ4v) is 4.86. The van der Waals surface area contributed by atoms with Gasteiger partial charge in [0.15, 0.2) is 11.6 Å². The number of aliphatic hydroxyl groups excluding tert-OH is 1. The minimum atomic E-state index is -0.527. The summed E-state index contributed by atoms with van der Waals surface area (Å²) in [5, 5.41) is 11.9. The maximum Gasteiger partial charge on any atom is 0.237 e. The van der Waals surface area contributed by atoms with Crippen molar-refractivity contribution in [1.82, 2.24) is 9.80 Å². The summed E-state index contributed by atoms with van der Waals surface area (Å²) in [5.74, 6) is -0.243. The molecule has 0 aliphatic carbocycles. The summed E-state index contributed by atoms with van der Waals surface area (Å²) in [6.45, 7) is 4.41. The first-order valence-corrected chi connectivity index (χ1v) is 11.5. The number of carbonyl (C=O) groups excluding carboxylic acids is 1. The summed E-state index contributed by atoms with van der Waals surface area (Å²) >= 11 is 1.68. The highest BCUT2D eigenvalue weighted by Crippen LogP contribution is 2.34. The van der Waals surface area contributed by atoms with Crippen LogP contribution in [0.2, 0.25) is 0 Å². The van der Waals surface area contributed by atoms with Crippen LogP contribution in [0.1, 0.15) is 29.8 Å². The number of benzene rings is 1. The molecule has 2 heterocycles. The molecule has 1 aliphatic rings. The minimum Gasteiger partial charge on any atom is -0.488 e. The Morgan fingerprint density at radius 2 is 2.19 bits per heavy atom. The molecule has 170 valence electrons. The molecule has 1 aromatic carbocycles. The highest BCUT2D eigenvalue weighted by atomic mass is 32.1. The number of halogens is 1. The van der Waals surface area contributed by atoms with Gasteiger partial charge in [-0.25, -0.2) is 4.39 Å². The van der Waals surface area contributed by atoms with Crippen LogP contribution in [0, 0.1) is 5.82 Å². The number of hydrogen-bond donors (Lipinski definition) is 1. The van der Waals surface area contributed by atoms with E-state index in [0.717, 1.165) is 18.4 Å².